The summed E-state index contributed by atoms with van der Waals surface area (Å²) in [4.78, 5) is 4.34. The molecule has 1 aromatic carbocycles. The highest BCUT2D eigenvalue weighted by molar-refractivity contribution is 5.51. The van der Waals surface area contributed by atoms with Gasteiger partial charge in [0.05, 0.1) is 25.2 Å². The van der Waals surface area contributed by atoms with E-state index in [-0.39, 0.29) is 5.41 Å². The van der Waals surface area contributed by atoms with Crippen LogP contribution in [0, 0.1) is 17.3 Å². The number of ether oxygens (including phenoxy) is 1. The van der Waals surface area contributed by atoms with Crippen molar-refractivity contribution in [3.05, 3.63) is 71.8 Å². The maximum Gasteiger partial charge on any atom is 0.131 e. The first kappa shape index (κ1) is 25.4. The zero-order valence-electron chi connectivity index (χ0n) is 23.3. The van der Waals surface area contributed by atoms with Crippen LogP contribution in [0.4, 0.5) is 0 Å². The number of methoxy groups -OCH3 is 1. The zero-order chi connectivity index (χ0) is 27.3. The van der Waals surface area contributed by atoms with E-state index in [1.54, 1.807) is 13.3 Å². The third kappa shape index (κ3) is 4.05. The molecule has 40 heavy (non-hydrogen) atoms. The maximum absolute atomic E-state index is 12.2. The van der Waals surface area contributed by atoms with Crippen molar-refractivity contribution in [3.63, 3.8) is 0 Å². The SMILES string of the molecule is COc1ccc2c(c1)CC[C@@H]1[C@@H]2CC[C@@]2(C)[C@H]1CC[C@@]2(O)c1cn(CCCn2cc(-c3ccccn3)nn2)nn1. The van der Waals surface area contributed by atoms with Crippen LogP contribution in [0.3, 0.4) is 0 Å². The monoisotopic (exact) mass is 539 g/mol. The van der Waals surface area contributed by atoms with E-state index >= 15 is 0 Å². The van der Waals surface area contributed by atoms with Gasteiger partial charge >= 0.3 is 0 Å². The van der Waals surface area contributed by atoms with Gasteiger partial charge in [-0.25, -0.2) is 0 Å². The minimum absolute atomic E-state index is 0.193. The summed E-state index contributed by atoms with van der Waals surface area (Å²) in [6.07, 6.45) is 12.6. The number of fused-ring (bicyclic) bond motifs is 5. The Hall–Kier alpha value is -3.59. The molecule has 3 heterocycles. The molecule has 9 heteroatoms. The van der Waals surface area contributed by atoms with Crippen LogP contribution in [0.2, 0.25) is 0 Å². The number of hydrogen-bond acceptors (Lipinski definition) is 7. The summed E-state index contributed by atoms with van der Waals surface area (Å²) in [7, 11) is 1.74. The number of aryl methyl sites for hydroxylation is 3. The van der Waals surface area contributed by atoms with Gasteiger partial charge in [-0.05, 0) is 98.1 Å². The van der Waals surface area contributed by atoms with Crippen LogP contribution < -0.4 is 4.74 Å². The first-order valence-corrected chi connectivity index (χ1v) is 14.6. The van der Waals surface area contributed by atoms with Gasteiger partial charge in [0.2, 0.25) is 0 Å². The number of benzene rings is 1. The summed E-state index contributed by atoms with van der Waals surface area (Å²) < 4.78 is 9.20. The van der Waals surface area contributed by atoms with Crippen LogP contribution >= 0.6 is 0 Å². The first-order valence-electron chi connectivity index (χ1n) is 14.6. The summed E-state index contributed by atoms with van der Waals surface area (Å²) in [6, 6.07) is 12.4. The van der Waals surface area contributed by atoms with E-state index < -0.39 is 5.60 Å². The summed E-state index contributed by atoms with van der Waals surface area (Å²) in [5.41, 5.74) is 4.13. The van der Waals surface area contributed by atoms with Gasteiger partial charge < -0.3 is 9.84 Å². The number of pyridine rings is 1. The van der Waals surface area contributed by atoms with Crippen molar-refractivity contribution in [2.24, 2.45) is 17.3 Å². The molecule has 2 saturated carbocycles. The van der Waals surface area contributed by atoms with Gasteiger partial charge in [-0.3, -0.25) is 14.3 Å². The predicted molar refractivity (Wildman–Crippen MR) is 149 cm³/mol. The lowest BCUT2D eigenvalue weighted by Gasteiger charge is -2.52. The second kappa shape index (κ2) is 9.80. The minimum atomic E-state index is -0.940. The largest absolute Gasteiger partial charge is 0.497 e. The molecule has 3 aliphatic rings. The first-order chi connectivity index (χ1) is 19.5. The van der Waals surface area contributed by atoms with Crippen molar-refractivity contribution < 1.29 is 9.84 Å². The molecule has 7 rings (SSSR count). The van der Waals surface area contributed by atoms with Crippen molar-refractivity contribution in [1.82, 2.24) is 35.0 Å². The Labute approximate surface area is 234 Å². The van der Waals surface area contributed by atoms with Crippen molar-refractivity contribution >= 4 is 0 Å². The molecule has 0 unspecified atom stereocenters. The Balaban J connectivity index is 1.03. The predicted octanol–water partition coefficient (Wildman–Crippen LogP) is 4.77. The molecule has 1 N–H and O–H groups in total. The molecule has 0 amide bonds. The standard InChI is InChI=1S/C31H37N7O2/c1-30-13-11-24-23-10-8-22(40-2)18-21(23)7-9-25(24)26(30)12-14-31(30,39)29-20-38(36-34-29)17-5-16-37-19-28(33-35-37)27-6-3-4-15-32-27/h3-4,6,8,10,15,18-20,24-26,39H,5,7,9,11-14,16-17H2,1-2H3/t24-,25-,26+,30+,31-/m1/s1. The summed E-state index contributed by atoms with van der Waals surface area (Å²) in [5.74, 6) is 2.60. The van der Waals surface area contributed by atoms with Crippen LogP contribution in [-0.4, -0.2) is 47.2 Å². The third-order valence-corrected chi connectivity index (χ3v) is 10.3. The Morgan fingerprint density at radius 2 is 1.82 bits per heavy atom. The third-order valence-electron chi connectivity index (χ3n) is 10.3. The molecule has 9 nitrogen and oxygen atoms in total. The molecule has 0 saturated heterocycles. The molecular weight excluding hydrogens is 502 g/mol. The number of hydrogen-bond donors (Lipinski definition) is 1. The molecule has 0 bridgehead atoms. The van der Waals surface area contributed by atoms with Crippen LogP contribution in [0.1, 0.15) is 68.2 Å². The van der Waals surface area contributed by atoms with E-state index in [9.17, 15) is 5.11 Å². The van der Waals surface area contributed by atoms with Gasteiger partial charge in [0.15, 0.2) is 0 Å². The van der Waals surface area contributed by atoms with Crippen LogP contribution in [-0.2, 0) is 25.1 Å². The van der Waals surface area contributed by atoms with E-state index in [0.29, 0.717) is 24.3 Å². The average molecular weight is 540 g/mol. The molecule has 0 aliphatic heterocycles. The molecule has 0 radical (unpaired) electrons. The Kier molecular flexibility index (Phi) is 6.22. The fourth-order valence-electron chi connectivity index (χ4n) is 8.15. The highest BCUT2D eigenvalue weighted by Crippen LogP contribution is 2.66. The average Bonchev–Trinajstić information content (AvgIpc) is 3.72. The van der Waals surface area contributed by atoms with E-state index in [1.807, 2.05) is 40.0 Å². The normalized spacial score (nSPS) is 29.0. The second-order valence-corrected chi connectivity index (χ2v) is 12.1. The van der Waals surface area contributed by atoms with E-state index in [1.165, 1.54) is 17.5 Å². The van der Waals surface area contributed by atoms with Crippen molar-refractivity contribution in [1.29, 1.82) is 0 Å². The number of aromatic nitrogens is 7. The molecule has 5 atom stereocenters. The Morgan fingerprint density at radius 1 is 0.975 bits per heavy atom. The molecular formula is C31H37N7O2. The van der Waals surface area contributed by atoms with Gasteiger partial charge in [0, 0.05) is 24.7 Å². The van der Waals surface area contributed by atoms with Gasteiger partial charge in [0.1, 0.15) is 22.7 Å². The maximum atomic E-state index is 12.2. The van der Waals surface area contributed by atoms with Crippen molar-refractivity contribution in [3.8, 4) is 17.1 Å². The Bertz CT molecular complexity index is 1500. The molecule has 208 valence electrons. The lowest BCUT2D eigenvalue weighted by atomic mass is 9.53. The molecule has 0 spiro atoms. The number of aliphatic hydroxyl groups is 1. The van der Waals surface area contributed by atoms with Gasteiger partial charge in [-0.1, -0.05) is 29.5 Å². The number of nitrogens with zero attached hydrogens (tertiary/aromatic N) is 7. The van der Waals surface area contributed by atoms with E-state index in [2.05, 4.69) is 50.7 Å². The fraction of sp³-hybridized carbons (Fsp3) is 0.516. The smallest absolute Gasteiger partial charge is 0.131 e. The summed E-state index contributed by atoms with van der Waals surface area (Å²) in [6.45, 7) is 3.73. The quantitative estimate of drug-likeness (QED) is 0.361. The second-order valence-electron chi connectivity index (χ2n) is 12.1. The molecule has 2 fully saturated rings. The van der Waals surface area contributed by atoms with Crippen molar-refractivity contribution in [2.75, 3.05) is 7.11 Å². The lowest BCUT2D eigenvalue weighted by Crippen LogP contribution is -2.49. The highest BCUT2D eigenvalue weighted by atomic mass is 16.5. The lowest BCUT2D eigenvalue weighted by molar-refractivity contribution is -0.111. The van der Waals surface area contributed by atoms with E-state index in [0.717, 1.165) is 67.9 Å². The van der Waals surface area contributed by atoms with Crippen LogP contribution in [0.15, 0.2) is 55.0 Å². The van der Waals surface area contributed by atoms with Crippen LogP contribution in [0.5, 0.6) is 5.75 Å². The zero-order valence-corrected chi connectivity index (χ0v) is 23.3. The van der Waals surface area contributed by atoms with Gasteiger partial charge in [-0.15, -0.1) is 10.2 Å². The summed E-state index contributed by atoms with van der Waals surface area (Å²) >= 11 is 0. The molecule has 4 aromatic rings. The van der Waals surface area contributed by atoms with Crippen LogP contribution in [0.25, 0.3) is 11.4 Å². The van der Waals surface area contributed by atoms with Crippen molar-refractivity contribution in [2.45, 2.75) is 76.5 Å². The minimum Gasteiger partial charge on any atom is -0.497 e. The topological polar surface area (TPSA) is 104 Å². The van der Waals surface area contributed by atoms with Gasteiger partial charge in [-0.2, -0.15) is 0 Å². The summed E-state index contributed by atoms with van der Waals surface area (Å²) in [5, 5.41) is 29.7. The molecule has 3 aromatic heterocycles. The van der Waals surface area contributed by atoms with Gasteiger partial charge in [0.25, 0.3) is 0 Å². The highest BCUT2D eigenvalue weighted by Gasteiger charge is 2.63. The van der Waals surface area contributed by atoms with E-state index in [4.69, 9.17) is 4.74 Å². The fourth-order valence-corrected chi connectivity index (χ4v) is 8.15. The Morgan fingerprint density at radius 3 is 2.65 bits per heavy atom. The number of rotatable bonds is 7. The molecule has 3 aliphatic carbocycles.